The largest absolute Gasteiger partial charge is 0.382 e. The molecule has 0 amide bonds. The van der Waals surface area contributed by atoms with Crippen molar-refractivity contribution in [3.05, 3.63) is 24.3 Å². The van der Waals surface area contributed by atoms with Crippen LogP contribution in [0.25, 0.3) is 11.2 Å². The second-order valence-electron chi connectivity index (χ2n) is 3.94. The van der Waals surface area contributed by atoms with Gasteiger partial charge in [-0.15, -0.1) is 0 Å². The van der Waals surface area contributed by atoms with E-state index in [0.717, 1.165) is 18.6 Å². The molecule has 2 N–H and O–H groups in total. The number of hydrogen-bond donors (Lipinski definition) is 1. The minimum Gasteiger partial charge on any atom is -0.382 e. The van der Waals surface area contributed by atoms with Crippen molar-refractivity contribution >= 4 is 17.0 Å². The number of nitrogen functional groups attached to an aromatic ring is 1. The molecule has 0 aliphatic heterocycles. The van der Waals surface area contributed by atoms with E-state index in [0.29, 0.717) is 11.3 Å². The molecule has 0 aliphatic carbocycles. The van der Waals surface area contributed by atoms with Crippen LogP contribution in [0.3, 0.4) is 0 Å². The van der Waals surface area contributed by atoms with Gasteiger partial charge in [0.15, 0.2) is 11.5 Å². The molecule has 84 valence electrons. The lowest BCUT2D eigenvalue weighted by atomic mass is 10.3. The van der Waals surface area contributed by atoms with Crippen LogP contribution in [0.4, 0.5) is 5.82 Å². The van der Waals surface area contributed by atoms with Crippen molar-refractivity contribution in [2.75, 3.05) is 5.73 Å². The summed E-state index contributed by atoms with van der Waals surface area (Å²) in [6.45, 7) is 5.04. The molecule has 2 rings (SSSR count). The number of imidazole rings is 1. The summed E-state index contributed by atoms with van der Waals surface area (Å²) < 4.78 is 1.99. The average Bonchev–Trinajstić information content (AvgIpc) is 2.63. The van der Waals surface area contributed by atoms with Crippen molar-refractivity contribution in [2.45, 2.75) is 26.8 Å². The number of aromatic nitrogens is 4. The van der Waals surface area contributed by atoms with Crippen molar-refractivity contribution in [3.8, 4) is 0 Å². The van der Waals surface area contributed by atoms with Crippen LogP contribution in [0.2, 0.25) is 0 Å². The van der Waals surface area contributed by atoms with E-state index >= 15 is 0 Å². The Morgan fingerprint density at radius 1 is 1.38 bits per heavy atom. The van der Waals surface area contributed by atoms with Gasteiger partial charge in [0.05, 0.1) is 6.33 Å². The standard InChI is InChI=1S/C11H15N5/c1-8(2)4-3-5-16-7-15-9-10(12)13-6-14-11(9)16/h4,6-7H,3,5H2,1-2H3,(H2,12,13,14). The first-order valence-corrected chi connectivity index (χ1v) is 5.23. The summed E-state index contributed by atoms with van der Waals surface area (Å²) in [6.07, 6.45) is 6.39. The van der Waals surface area contributed by atoms with Crippen LogP contribution in [0.15, 0.2) is 24.3 Å². The molecular formula is C11H15N5. The molecule has 2 aromatic heterocycles. The molecule has 0 saturated heterocycles. The maximum Gasteiger partial charge on any atom is 0.165 e. The van der Waals surface area contributed by atoms with Gasteiger partial charge in [-0.1, -0.05) is 11.6 Å². The third-order valence-electron chi connectivity index (χ3n) is 2.35. The molecule has 0 fully saturated rings. The van der Waals surface area contributed by atoms with E-state index < -0.39 is 0 Å². The predicted molar refractivity (Wildman–Crippen MR) is 63.8 cm³/mol. The molecule has 0 aliphatic rings. The number of hydrogen-bond acceptors (Lipinski definition) is 4. The van der Waals surface area contributed by atoms with Gasteiger partial charge in [0.2, 0.25) is 0 Å². The van der Waals surface area contributed by atoms with Crippen LogP contribution >= 0.6 is 0 Å². The van der Waals surface area contributed by atoms with E-state index in [1.54, 1.807) is 6.33 Å². The van der Waals surface area contributed by atoms with Crippen LogP contribution in [0, 0.1) is 0 Å². The second kappa shape index (κ2) is 4.30. The molecular weight excluding hydrogens is 202 g/mol. The molecule has 0 atom stereocenters. The summed E-state index contributed by atoms with van der Waals surface area (Å²) >= 11 is 0. The summed E-state index contributed by atoms with van der Waals surface area (Å²) in [7, 11) is 0. The summed E-state index contributed by atoms with van der Waals surface area (Å²) in [5.41, 5.74) is 8.51. The van der Waals surface area contributed by atoms with Crippen molar-refractivity contribution in [1.29, 1.82) is 0 Å². The zero-order chi connectivity index (χ0) is 11.5. The Bertz CT molecular complexity index is 522. The third-order valence-corrected chi connectivity index (χ3v) is 2.35. The molecule has 0 unspecified atom stereocenters. The number of rotatable bonds is 3. The molecule has 0 aromatic carbocycles. The first-order chi connectivity index (χ1) is 7.68. The third kappa shape index (κ3) is 2.03. The monoisotopic (exact) mass is 217 g/mol. The Kier molecular flexibility index (Phi) is 2.85. The smallest absolute Gasteiger partial charge is 0.165 e. The van der Waals surface area contributed by atoms with Crippen LogP contribution in [0.5, 0.6) is 0 Å². The van der Waals surface area contributed by atoms with Gasteiger partial charge in [-0.2, -0.15) is 0 Å². The van der Waals surface area contributed by atoms with E-state index in [-0.39, 0.29) is 0 Å². The van der Waals surface area contributed by atoms with Crippen molar-refractivity contribution in [3.63, 3.8) is 0 Å². The zero-order valence-electron chi connectivity index (χ0n) is 9.51. The Morgan fingerprint density at radius 2 is 2.19 bits per heavy atom. The number of aryl methyl sites for hydroxylation is 1. The number of fused-ring (bicyclic) bond motifs is 1. The molecule has 5 heteroatoms. The van der Waals surface area contributed by atoms with Crippen molar-refractivity contribution < 1.29 is 0 Å². The van der Waals surface area contributed by atoms with E-state index in [1.807, 2.05) is 4.57 Å². The first-order valence-electron chi connectivity index (χ1n) is 5.23. The predicted octanol–water partition coefficient (Wildman–Crippen LogP) is 1.76. The van der Waals surface area contributed by atoms with Gasteiger partial charge in [-0.05, 0) is 20.3 Å². The van der Waals surface area contributed by atoms with E-state index in [9.17, 15) is 0 Å². The van der Waals surface area contributed by atoms with Crippen LogP contribution < -0.4 is 5.73 Å². The lowest BCUT2D eigenvalue weighted by Gasteiger charge is -2.01. The fraction of sp³-hybridized carbons (Fsp3) is 0.364. The highest BCUT2D eigenvalue weighted by Crippen LogP contribution is 2.14. The molecule has 0 saturated carbocycles. The lowest BCUT2D eigenvalue weighted by Crippen LogP contribution is -1.98. The van der Waals surface area contributed by atoms with Crippen molar-refractivity contribution in [2.24, 2.45) is 0 Å². The van der Waals surface area contributed by atoms with Gasteiger partial charge in [0.25, 0.3) is 0 Å². The van der Waals surface area contributed by atoms with Crippen LogP contribution in [0.1, 0.15) is 20.3 Å². The second-order valence-corrected chi connectivity index (χ2v) is 3.94. The highest BCUT2D eigenvalue weighted by atomic mass is 15.1. The number of anilines is 1. The topological polar surface area (TPSA) is 69.6 Å². The number of allylic oxidation sites excluding steroid dienone is 2. The molecule has 0 bridgehead atoms. The SMILES string of the molecule is CC(C)=CCCn1cnc2c(N)ncnc21. The molecule has 2 aromatic rings. The molecule has 5 nitrogen and oxygen atoms in total. The lowest BCUT2D eigenvalue weighted by molar-refractivity contribution is 0.721. The Labute approximate surface area is 94.0 Å². The maximum absolute atomic E-state index is 5.71. The van der Waals surface area contributed by atoms with Crippen molar-refractivity contribution in [1.82, 2.24) is 19.5 Å². The van der Waals surface area contributed by atoms with Gasteiger partial charge in [-0.25, -0.2) is 15.0 Å². The van der Waals surface area contributed by atoms with Gasteiger partial charge in [0, 0.05) is 6.54 Å². The maximum atomic E-state index is 5.71. The number of nitrogens with zero attached hydrogens (tertiary/aromatic N) is 4. The van der Waals surface area contributed by atoms with E-state index in [1.165, 1.54) is 11.9 Å². The van der Waals surface area contributed by atoms with E-state index in [4.69, 9.17) is 5.73 Å². The summed E-state index contributed by atoms with van der Waals surface area (Å²) in [6, 6.07) is 0. The minimum absolute atomic E-state index is 0.436. The normalized spacial score (nSPS) is 10.6. The van der Waals surface area contributed by atoms with Gasteiger partial charge >= 0.3 is 0 Å². The first kappa shape index (κ1) is 10.6. The minimum atomic E-state index is 0.436. The number of nitrogens with two attached hydrogens (primary N) is 1. The van der Waals surface area contributed by atoms with Crippen LogP contribution in [-0.4, -0.2) is 19.5 Å². The van der Waals surface area contributed by atoms with E-state index in [2.05, 4.69) is 34.9 Å². The fourth-order valence-electron chi connectivity index (χ4n) is 1.55. The molecule has 16 heavy (non-hydrogen) atoms. The van der Waals surface area contributed by atoms with Gasteiger partial charge in [0.1, 0.15) is 11.8 Å². The molecule has 2 heterocycles. The summed E-state index contributed by atoms with van der Waals surface area (Å²) in [5, 5.41) is 0. The Balaban J connectivity index is 2.25. The Morgan fingerprint density at radius 3 is 2.94 bits per heavy atom. The van der Waals surface area contributed by atoms with Gasteiger partial charge < -0.3 is 10.3 Å². The highest BCUT2D eigenvalue weighted by Gasteiger charge is 2.06. The van der Waals surface area contributed by atoms with Gasteiger partial charge in [-0.3, -0.25) is 0 Å². The summed E-state index contributed by atoms with van der Waals surface area (Å²) in [5.74, 6) is 0.436. The fourth-order valence-corrected chi connectivity index (χ4v) is 1.55. The average molecular weight is 217 g/mol. The highest BCUT2D eigenvalue weighted by molar-refractivity contribution is 5.80. The molecule has 0 radical (unpaired) electrons. The zero-order valence-corrected chi connectivity index (χ0v) is 9.51. The van der Waals surface area contributed by atoms with Crippen LogP contribution in [-0.2, 0) is 6.54 Å². The molecule has 0 spiro atoms. The quantitative estimate of drug-likeness (QED) is 0.795. The summed E-state index contributed by atoms with van der Waals surface area (Å²) in [4.78, 5) is 12.3. The Hall–Kier alpha value is -1.91.